The topological polar surface area (TPSA) is 195 Å². The smallest absolute Gasteiger partial charge is 0.212 e. The van der Waals surface area contributed by atoms with Gasteiger partial charge in [-0.25, -0.2) is 14.4 Å². The molecule has 0 aliphatic rings. The summed E-state index contributed by atoms with van der Waals surface area (Å²) in [5.74, 6) is -0.461. The third-order valence-corrected chi connectivity index (χ3v) is 5.79. The Morgan fingerprint density at radius 3 is 2.51 bits per heavy atom. The number of amidine groups is 1. The number of thiazole rings is 1. The molecular formula is C26H34FN7O6S. The number of methoxy groups -OCH3 is 1. The van der Waals surface area contributed by atoms with Gasteiger partial charge in [0, 0.05) is 37.7 Å². The third-order valence-electron chi connectivity index (χ3n) is 5.05. The summed E-state index contributed by atoms with van der Waals surface area (Å²) in [6, 6.07) is 8.41. The minimum Gasteiger partial charge on any atom is -0.497 e. The molecule has 0 saturated heterocycles. The molecule has 0 bridgehead atoms. The van der Waals surface area contributed by atoms with Gasteiger partial charge < -0.3 is 41.5 Å². The largest absolute Gasteiger partial charge is 0.497 e. The molecule has 222 valence electrons. The van der Waals surface area contributed by atoms with Crippen LogP contribution in [0.5, 0.6) is 11.5 Å². The van der Waals surface area contributed by atoms with Crippen molar-refractivity contribution < 1.29 is 33.7 Å². The van der Waals surface area contributed by atoms with Crippen LogP contribution in [0.4, 0.5) is 15.9 Å². The summed E-state index contributed by atoms with van der Waals surface area (Å²) >= 11 is 1.12. The summed E-state index contributed by atoms with van der Waals surface area (Å²) in [5, 5.41) is 34.9. The molecule has 0 aliphatic heterocycles. The number of nitrogens with zero attached hydrogens (tertiary/aromatic N) is 3. The lowest BCUT2D eigenvalue weighted by atomic mass is 10.0. The summed E-state index contributed by atoms with van der Waals surface area (Å²) in [7, 11) is 5.43. The molecule has 0 saturated carbocycles. The molecule has 3 aromatic rings. The van der Waals surface area contributed by atoms with Gasteiger partial charge in [0.25, 0.3) is 0 Å². The van der Waals surface area contributed by atoms with E-state index in [-0.39, 0.29) is 41.9 Å². The Morgan fingerprint density at radius 2 is 1.95 bits per heavy atom. The molecule has 1 atom stereocenters. The number of ether oxygens (including phenoxy) is 2. The fourth-order valence-electron chi connectivity index (χ4n) is 3.33. The SMILES string of the molecule is CN.CO.COc1cc(OCCO)c(F)c(C(Nc2ccc(C=N)cc2)/C(=N/N(C)c2ncsc2C=O)NC=O)c1. The number of benzene rings is 2. The summed E-state index contributed by atoms with van der Waals surface area (Å²) in [6.45, 7) is -0.481. The minimum absolute atomic E-state index is 0.0128. The second-order valence-corrected chi connectivity index (χ2v) is 8.26. The molecule has 1 unspecified atom stereocenters. The van der Waals surface area contributed by atoms with Crippen molar-refractivity contribution >= 4 is 47.6 Å². The Kier molecular flexibility index (Phi) is 15.8. The van der Waals surface area contributed by atoms with Crippen molar-refractivity contribution in [1.29, 1.82) is 5.41 Å². The normalized spacial score (nSPS) is 11.0. The van der Waals surface area contributed by atoms with Gasteiger partial charge in [0.05, 0.1) is 19.2 Å². The van der Waals surface area contributed by atoms with Crippen LogP contribution in [0.25, 0.3) is 0 Å². The quantitative estimate of drug-likeness (QED) is 0.0740. The first-order valence-electron chi connectivity index (χ1n) is 11.9. The zero-order chi connectivity index (χ0) is 30.8. The number of rotatable bonds is 13. The first-order chi connectivity index (χ1) is 19.9. The monoisotopic (exact) mass is 591 g/mol. The summed E-state index contributed by atoms with van der Waals surface area (Å²) in [5.41, 5.74) is 7.17. The molecule has 1 aromatic heterocycles. The van der Waals surface area contributed by atoms with Crippen LogP contribution in [-0.4, -0.2) is 81.5 Å². The molecule has 3 rings (SSSR count). The van der Waals surface area contributed by atoms with E-state index in [0.717, 1.165) is 18.4 Å². The van der Waals surface area contributed by atoms with E-state index >= 15 is 4.39 Å². The average Bonchev–Trinajstić information content (AvgIpc) is 3.51. The average molecular weight is 592 g/mol. The number of hydrazone groups is 1. The maximum Gasteiger partial charge on any atom is 0.212 e. The maximum absolute atomic E-state index is 15.7. The molecule has 1 amide bonds. The van der Waals surface area contributed by atoms with Gasteiger partial charge in [-0.15, -0.1) is 11.3 Å². The molecular weight excluding hydrogens is 557 g/mol. The maximum atomic E-state index is 15.7. The van der Waals surface area contributed by atoms with E-state index in [2.05, 4.69) is 26.5 Å². The number of anilines is 2. The predicted octanol–water partition coefficient (Wildman–Crippen LogP) is 2.00. The molecule has 41 heavy (non-hydrogen) atoms. The summed E-state index contributed by atoms with van der Waals surface area (Å²) in [4.78, 5) is 27.4. The first kappa shape index (κ1) is 34.6. The van der Waals surface area contributed by atoms with E-state index in [4.69, 9.17) is 25.1 Å². The van der Waals surface area contributed by atoms with E-state index in [1.807, 2.05) is 0 Å². The highest BCUT2D eigenvalue weighted by Gasteiger charge is 2.27. The van der Waals surface area contributed by atoms with E-state index in [1.165, 1.54) is 50.1 Å². The number of aromatic nitrogens is 1. The first-order valence-corrected chi connectivity index (χ1v) is 12.7. The number of aliphatic hydroxyl groups excluding tert-OH is 2. The molecule has 0 aliphatic carbocycles. The Morgan fingerprint density at radius 1 is 1.27 bits per heavy atom. The van der Waals surface area contributed by atoms with Crippen LogP contribution in [0, 0.1) is 11.2 Å². The van der Waals surface area contributed by atoms with Gasteiger partial charge in [0.15, 0.2) is 29.5 Å². The van der Waals surface area contributed by atoms with Gasteiger partial charge in [0.1, 0.15) is 23.3 Å². The molecule has 13 nitrogen and oxygen atoms in total. The predicted molar refractivity (Wildman–Crippen MR) is 157 cm³/mol. The molecule has 0 spiro atoms. The zero-order valence-electron chi connectivity index (χ0n) is 23.0. The highest BCUT2D eigenvalue weighted by molar-refractivity contribution is 7.11. The number of nitrogens with one attached hydrogen (secondary N) is 3. The van der Waals surface area contributed by atoms with Gasteiger partial charge in [-0.1, -0.05) is 12.1 Å². The van der Waals surface area contributed by atoms with Gasteiger partial charge >= 0.3 is 0 Å². The fourth-order valence-corrected chi connectivity index (χ4v) is 3.94. The standard InChI is InChI=1S/C24H25FN6O5S.CH5N.CH4O/c1-31(24-20(12-33)37-14-28-24)30-23(27-13-34)22(29-16-5-3-15(11-26)4-6-16)18-9-17(35-2)10-19(21(18)25)36-8-7-32;2*1-2/h3-6,9-14,22,26,29,32H,7-8H2,1-2H3,(H,27,30,34);2H2,1H3;2H,1H3. The number of hydrogen-bond acceptors (Lipinski definition) is 13. The summed E-state index contributed by atoms with van der Waals surface area (Å²) in [6.07, 6.45) is 2.21. The van der Waals surface area contributed by atoms with Crippen LogP contribution in [0.2, 0.25) is 0 Å². The number of aldehydes is 1. The second kappa shape index (κ2) is 18.8. The van der Waals surface area contributed by atoms with Crippen molar-refractivity contribution in [3.05, 3.63) is 63.7 Å². The molecule has 15 heteroatoms. The van der Waals surface area contributed by atoms with Crippen molar-refractivity contribution in [3.8, 4) is 11.5 Å². The number of aliphatic hydroxyl groups is 2. The number of hydrogen-bond donors (Lipinski definition) is 6. The van der Waals surface area contributed by atoms with Gasteiger partial charge in [-0.2, -0.15) is 5.10 Å². The van der Waals surface area contributed by atoms with Crippen molar-refractivity contribution in [2.75, 3.05) is 51.9 Å². The van der Waals surface area contributed by atoms with Crippen LogP contribution >= 0.6 is 11.3 Å². The van der Waals surface area contributed by atoms with Gasteiger partial charge in [-0.3, -0.25) is 9.59 Å². The zero-order valence-corrected chi connectivity index (χ0v) is 23.8. The molecule has 0 radical (unpaired) electrons. The highest BCUT2D eigenvalue weighted by Crippen LogP contribution is 2.34. The molecule has 0 fully saturated rings. The number of nitrogens with two attached hydrogens (primary N) is 1. The van der Waals surface area contributed by atoms with E-state index < -0.39 is 11.9 Å². The summed E-state index contributed by atoms with van der Waals surface area (Å²) < 4.78 is 26.4. The lowest BCUT2D eigenvalue weighted by Gasteiger charge is -2.25. The van der Waals surface area contributed by atoms with Gasteiger partial charge in [-0.05, 0) is 30.8 Å². The van der Waals surface area contributed by atoms with Crippen molar-refractivity contribution in [2.45, 2.75) is 6.04 Å². The van der Waals surface area contributed by atoms with Crippen LogP contribution in [0.1, 0.15) is 26.8 Å². The van der Waals surface area contributed by atoms with E-state index in [0.29, 0.717) is 28.8 Å². The van der Waals surface area contributed by atoms with E-state index in [9.17, 15) is 9.59 Å². The van der Waals surface area contributed by atoms with E-state index in [1.54, 1.807) is 24.3 Å². The molecule has 7 N–H and O–H groups in total. The van der Waals surface area contributed by atoms with Crippen molar-refractivity contribution in [1.82, 2.24) is 10.3 Å². The third kappa shape index (κ3) is 9.61. The van der Waals surface area contributed by atoms with Crippen LogP contribution in [0.15, 0.2) is 47.0 Å². The molecule has 2 aromatic carbocycles. The van der Waals surface area contributed by atoms with Crippen LogP contribution in [0.3, 0.4) is 0 Å². The number of halogens is 1. The Hall–Kier alpha value is -4.44. The fraction of sp³-hybridized carbons (Fsp3) is 0.269. The van der Waals surface area contributed by atoms with Gasteiger partial charge in [0.2, 0.25) is 6.41 Å². The number of carbonyl (C=O) groups excluding carboxylic acids is 2. The minimum atomic E-state index is -1.09. The Labute approximate surface area is 240 Å². The van der Waals surface area contributed by atoms with Crippen LogP contribution in [-0.2, 0) is 4.79 Å². The Balaban J connectivity index is 0.00000201. The number of amides is 1. The van der Waals surface area contributed by atoms with Crippen molar-refractivity contribution in [3.63, 3.8) is 0 Å². The number of carbonyl (C=O) groups is 2. The Bertz CT molecular complexity index is 1270. The highest BCUT2D eigenvalue weighted by atomic mass is 32.1. The lowest BCUT2D eigenvalue weighted by Crippen LogP contribution is -2.36. The molecule has 1 heterocycles. The van der Waals surface area contributed by atoms with Crippen LogP contribution < -0.4 is 30.8 Å². The second-order valence-electron chi connectivity index (χ2n) is 7.37. The van der Waals surface area contributed by atoms with Crippen molar-refractivity contribution in [2.24, 2.45) is 10.8 Å². The lowest BCUT2D eigenvalue weighted by molar-refractivity contribution is -0.108.